The Bertz CT molecular complexity index is 675. The largest absolute Gasteiger partial charge is 0.471 e. The fourth-order valence-electron chi connectivity index (χ4n) is 3.17. The first-order chi connectivity index (χ1) is 10.9. The van der Waals surface area contributed by atoms with Crippen LogP contribution in [0.5, 0.6) is 0 Å². The number of rotatable bonds is 2. The number of amides is 1. The second kappa shape index (κ2) is 5.97. The van der Waals surface area contributed by atoms with Crippen LogP contribution in [0.1, 0.15) is 24.8 Å². The van der Waals surface area contributed by atoms with Gasteiger partial charge in [-0.05, 0) is 18.9 Å². The van der Waals surface area contributed by atoms with Gasteiger partial charge < -0.3 is 10.0 Å². The number of carbonyl (C=O) groups is 2. The van der Waals surface area contributed by atoms with Gasteiger partial charge in [0.25, 0.3) is 5.60 Å². The van der Waals surface area contributed by atoms with E-state index in [1.165, 1.54) is 18.2 Å². The predicted octanol–water partition coefficient (Wildman–Crippen LogP) is 2.87. The first-order valence-corrected chi connectivity index (χ1v) is 7.55. The number of aliphatic hydroxyl groups is 1. The molecule has 1 amide bonds. The number of hydrogen-bond donors (Lipinski definition) is 1. The Morgan fingerprint density at radius 1 is 1.33 bits per heavy atom. The maximum Gasteiger partial charge on any atom is 0.471 e. The molecule has 24 heavy (non-hydrogen) atoms. The molecule has 1 aliphatic rings. The smallest absolute Gasteiger partial charge is 0.345 e. The van der Waals surface area contributed by atoms with Crippen molar-refractivity contribution in [2.24, 2.45) is 0 Å². The lowest BCUT2D eigenvalue weighted by Crippen LogP contribution is -2.63. The number of halogens is 4. The molecule has 0 saturated heterocycles. The molecule has 0 heterocycles. The van der Waals surface area contributed by atoms with E-state index in [1.54, 1.807) is 6.07 Å². The van der Waals surface area contributed by atoms with E-state index in [-0.39, 0.29) is 29.8 Å². The minimum Gasteiger partial charge on any atom is -0.345 e. The molecule has 4 nitrogen and oxygen atoms in total. The summed E-state index contributed by atoms with van der Waals surface area (Å²) >= 11 is 6.10. The van der Waals surface area contributed by atoms with Crippen LogP contribution in [0.25, 0.3) is 0 Å². The Morgan fingerprint density at radius 2 is 1.92 bits per heavy atom. The topological polar surface area (TPSA) is 57.6 Å². The van der Waals surface area contributed by atoms with Crippen molar-refractivity contribution < 1.29 is 27.9 Å². The van der Waals surface area contributed by atoms with E-state index >= 15 is 0 Å². The molecule has 1 aliphatic carbocycles. The zero-order chi connectivity index (χ0) is 18.3. The average Bonchev–Trinajstić information content (AvgIpc) is 2.48. The monoisotopic (exact) mass is 362 g/mol. The molecule has 0 bridgehead atoms. The molecule has 0 spiro atoms. The molecule has 0 aliphatic heterocycles. The van der Waals surface area contributed by atoms with Gasteiger partial charge in [-0.1, -0.05) is 29.8 Å². The fraction of sp³-hybridized carbons (Fsp3) is 0.438. The van der Waals surface area contributed by atoms with E-state index in [4.69, 9.17) is 11.6 Å². The third kappa shape index (κ3) is 2.86. The Balaban J connectivity index is 2.70. The number of benzene rings is 1. The van der Waals surface area contributed by atoms with Crippen molar-refractivity contribution in [3.05, 3.63) is 41.8 Å². The summed E-state index contributed by atoms with van der Waals surface area (Å²) in [6.07, 6.45) is -5.07. The number of Topliss-reactive ketones (excluding diaryl/α,β-unsaturated/α-hetero) is 1. The average molecular weight is 363 g/mol. The molecule has 2 atom stereocenters. The molecule has 0 unspecified atom stereocenters. The van der Waals surface area contributed by atoms with Gasteiger partial charge in [-0.2, -0.15) is 13.2 Å². The van der Waals surface area contributed by atoms with Gasteiger partial charge in [0.1, 0.15) is 12.5 Å². The first-order valence-electron chi connectivity index (χ1n) is 7.17. The summed E-state index contributed by atoms with van der Waals surface area (Å²) in [5.41, 5.74) is -4.09. The van der Waals surface area contributed by atoms with Crippen LogP contribution >= 0.6 is 11.6 Å². The summed E-state index contributed by atoms with van der Waals surface area (Å²) in [7, 11) is 0.887. The van der Waals surface area contributed by atoms with Gasteiger partial charge in [-0.25, -0.2) is 0 Å². The van der Waals surface area contributed by atoms with Gasteiger partial charge in [0, 0.05) is 24.1 Å². The Kier molecular flexibility index (Phi) is 4.63. The van der Waals surface area contributed by atoms with E-state index in [0.717, 1.165) is 7.05 Å². The zero-order valence-electron chi connectivity index (χ0n) is 12.9. The van der Waals surface area contributed by atoms with Crippen LogP contribution in [0.2, 0.25) is 5.02 Å². The third-order valence-electron chi connectivity index (χ3n) is 4.37. The number of carbonyl (C=O) groups excluding carboxylic acids is 2. The number of alkyl halides is 3. The summed E-state index contributed by atoms with van der Waals surface area (Å²) in [6.45, 7) is 3.41. The highest BCUT2D eigenvalue weighted by molar-refractivity contribution is 6.32. The lowest BCUT2D eigenvalue weighted by molar-refractivity contribution is -0.194. The molecule has 1 aromatic rings. The van der Waals surface area contributed by atoms with Crippen molar-refractivity contribution >= 4 is 23.3 Å². The molecule has 0 aromatic heterocycles. The highest BCUT2D eigenvalue weighted by atomic mass is 35.5. The second-order valence-corrected chi connectivity index (χ2v) is 6.32. The number of likely N-dealkylation sites (N-methyl/N-ethyl adjacent to an activating group) is 1. The Labute approximate surface area is 142 Å². The summed E-state index contributed by atoms with van der Waals surface area (Å²) in [5, 5.41) is 10.3. The van der Waals surface area contributed by atoms with E-state index in [0.29, 0.717) is 4.90 Å². The zero-order valence-corrected chi connectivity index (χ0v) is 13.6. The van der Waals surface area contributed by atoms with E-state index in [2.05, 4.69) is 6.92 Å². The third-order valence-corrected chi connectivity index (χ3v) is 4.70. The Morgan fingerprint density at radius 3 is 2.46 bits per heavy atom. The molecule has 1 N–H and O–H groups in total. The first kappa shape index (κ1) is 18.6. The van der Waals surface area contributed by atoms with E-state index in [1.807, 2.05) is 0 Å². The maximum absolute atomic E-state index is 12.9. The van der Waals surface area contributed by atoms with Gasteiger partial charge in [-0.15, -0.1) is 0 Å². The van der Waals surface area contributed by atoms with Crippen LogP contribution in [0.3, 0.4) is 0 Å². The van der Waals surface area contributed by atoms with Crippen molar-refractivity contribution in [1.29, 1.82) is 0 Å². The number of ketones is 1. The second-order valence-electron chi connectivity index (χ2n) is 5.92. The molecule has 1 fully saturated rings. The lowest BCUT2D eigenvalue weighted by Gasteiger charge is -2.45. The standard InChI is InChI=1S/C16H16ClF3NO3/c1-14(24)8-5-9-15(12(14)22,10-6-3-4-7-11(10)17)21(2)13(23)16(18,19)20/h3-4,6-7,24H,1,5,8-9H2,2H3/q+1/t14-,15+/m0/s1. The SMILES string of the molecule is [CH2+][C@]1(O)CCC[C@](c2ccccc2Cl)(N(C)C(=O)C(F)(F)F)C1=O. The maximum atomic E-state index is 12.9. The van der Waals surface area contributed by atoms with Crippen LogP contribution in [0.15, 0.2) is 24.3 Å². The predicted molar refractivity (Wildman–Crippen MR) is 81.1 cm³/mol. The normalized spacial score (nSPS) is 27.8. The van der Waals surface area contributed by atoms with Gasteiger partial charge in [0.15, 0.2) is 0 Å². The van der Waals surface area contributed by atoms with Crippen molar-refractivity contribution in [3.8, 4) is 0 Å². The summed E-state index contributed by atoms with van der Waals surface area (Å²) in [6, 6.07) is 5.84. The molecular formula is C16H16ClF3NO3+. The molecule has 2 rings (SSSR count). The van der Waals surface area contributed by atoms with Crippen LogP contribution in [-0.4, -0.2) is 40.5 Å². The minimum atomic E-state index is -5.17. The molecule has 130 valence electrons. The van der Waals surface area contributed by atoms with Crippen LogP contribution < -0.4 is 0 Å². The van der Waals surface area contributed by atoms with Gasteiger partial charge >= 0.3 is 12.1 Å². The van der Waals surface area contributed by atoms with Gasteiger partial charge in [0.05, 0.1) is 0 Å². The minimum absolute atomic E-state index is 0.00785. The summed E-state index contributed by atoms with van der Waals surface area (Å²) < 4.78 is 38.8. The Hall–Kier alpha value is -1.73. The molecular weight excluding hydrogens is 347 g/mol. The summed E-state index contributed by atoms with van der Waals surface area (Å²) in [4.78, 5) is 25.0. The van der Waals surface area contributed by atoms with Gasteiger partial charge in [0.2, 0.25) is 5.78 Å². The van der Waals surface area contributed by atoms with Crippen LogP contribution in [0, 0.1) is 6.92 Å². The molecule has 1 aromatic carbocycles. The quantitative estimate of drug-likeness (QED) is 0.823. The van der Waals surface area contributed by atoms with E-state index in [9.17, 15) is 27.9 Å². The van der Waals surface area contributed by atoms with Crippen molar-refractivity contribution in [1.82, 2.24) is 4.90 Å². The van der Waals surface area contributed by atoms with Crippen molar-refractivity contribution in [2.75, 3.05) is 7.05 Å². The molecule has 0 radical (unpaired) electrons. The van der Waals surface area contributed by atoms with E-state index < -0.39 is 29.0 Å². The number of nitrogens with zero attached hydrogens (tertiary/aromatic N) is 1. The highest BCUT2D eigenvalue weighted by Crippen LogP contribution is 2.46. The highest BCUT2D eigenvalue weighted by Gasteiger charge is 2.61. The molecule has 8 heteroatoms. The fourth-order valence-corrected chi connectivity index (χ4v) is 3.46. The van der Waals surface area contributed by atoms with Gasteiger partial charge in [-0.3, -0.25) is 9.59 Å². The lowest BCUT2D eigenvalue weighted by atomic mass is 9.68. The van der Waals surface area contributed by atoms with Crippen molar-refractivity contribution in [3.63, 3.8) is 0 Å². The summed E-state index contributed by atoms with van der Waals surface area (Å²) in [5.74, 6) is -3.16. The number of hydrogen-bond acceptors (Lipinski definition) is 3. The molecule has 1 saturated carbocycles. The van der Waals surface area contributed by atoms with Crippen LogP contribution in [-0.2, 0) is 15.1 Å². The van der Waals surface area contributed by atoms with Crippen LogP contribution in [0.4, 0.5) is 13.2 Å². The van der Waals surface area contributed by atoms with Crippen molar-refractivity contribution in [2.45, 2.75) is 36.6 Å².